The molecule has 0 spiro atoms. The van der Waals surface area contributed by atoms with Crippen LogP contribution in [0.5, 0.6) is 5.75 Å². The van der Waals surface area contributed by atoms with Crippen molar-refractivity contribution in [2.24, 2.45) is 17.3 Å². The Hall–Kier alpha value is -1.55. The van der Waals surface area contributed by atoms with Crippen LogP contribution in [0.3, 0.4) is 0 Å². The van der Waals surface area contributed by atoms with Gasteiger partial charge in [0.2, 0.25) is 5.91 Å². The van der Waals surface area contributed by atoms with Gasteiger partial charge in [-0.25, -0.2) is 0 Å². The minimum absolute atomic E-state index is 0.255. The SMILES string of the molecule is COc1cccc(C[C@@]2(C(=O)N3CC(O)C3)C[C@H]3CC[C@H]2C3)c1. The zero-order valence-corrected chi connectivity index (χ0v) is 13.7. The van der Waals surface area contributed by atoms with Crippen LogP contribution in [-0.2, 0) is 11.2 Å². The molecular formula is C19H25NO3. The summed E-state index contributed by atoms with van der Waals surface area (Å²) in [6.45, 7) is 1.02. The molecule has 3 atom stereocenters. The summed E-state index contributed by atoms with van der Waals surface area (Å²) in [5.74, 6) is 2.34. The lowest BCUT2D eigenvalue weighted by molar-refractivity contribution is -0.156. The molecule has 3 fully saturated rings. The standard InChI is InChI=1S/C19H25NO3/c1-23-17-4-2-3-13(8-17)9-19(10-14-5-6-15(19)7-14)18(22)20-11-16(21)12-20/h2-4,8,14-16,21H,5-7,9-12H2,1H3/t14-,15-,19+/m0/s1. The summed E-state index contributed by atoms with van der Waals surface area (Å²) in [4.78, 5) is 15.1. The molecule has 1 aromatic rings. The number of fused-ring (bicyclic) bond motifs is 2. The molecule has 1 saturated heterocycles. The molecule has 4 nitrogen and oxygen atoms in total. The Balaban J connectivity index is 1.62. The number of carbonyl (C=O) groups is 1. The third kappa shape index (κ3) is 2.44. The Bertz CT molecular complexity index is 610. The van der Waals surface area contributed by atoms with Gasteiger partial charge >= 0.3 is 0 Å². The number of aliphatic hydroxyl groups is 1. The van der Waals surface area contributed by atoms with E-state index in [0.717, 1.165) is 18.6 Å². The third-order valence-electron chi connectivity index (χ3n) is 6.20. The van der Waals surface area contributed by atoms with Gasteiger partial charge in [-0.1, -0.05) is 18.6 Å². The summed E-state index contributed by atoms with van der Waals surface area (Å²) < 4.78 is 5.34. The van der Waals surface area contributed by atoms with Crippen LogP contribution in [0.4, 0.5) is 0 Å². The molecule has 4 rings (SSSR count). The Morgan fingerprint density at radius 1 is 1.39 bits per heavy atom. The fourth-order valence-electron chi connectivity index (χ4n) is 5.08. The minimum Gasteiger partial charge on any atom is -0.497 e. The number of rotatable bonds is 4. The second-order valence-electron chi connectivity index (χ2n) is 7.63. The molecular weight excluding hydrogens is 290 g/mol. The van der Waals surface area contributed by atoms with E-state index in [4.69, 9.17) is 4.74 Å². The molecule has 124 valence electrons. The summed E-state index contributed by atoms with van der Waals surface area (Å²) in [5.41, 5.74) is 0.932. The fraction of sp³-hybridized carbons (Fsp3) is 0.632. The predicted molar refractivity (Wildman–Crippen MR) is 87.2 cm³/mol. The molecule has 1 aromatic carbocycles. The average molecular weight is 315 g/mol. The Morgan fingerprint density at radius 2 is 2.22 bits per heavy atom. The van der Waals surface area contributed by atoms with Crippen molar-refractivity contribution in [2.45, 2.75) is 38.2 Å². The lowest BCUT2D eigenvalue weighted by Crippen LogP contribution is -2.59. The van der Waals surface area contributed by atoms with Gasteiger partial charge in [0.05, 0.1) is 18.6 Å². The number of hydrogen-bond donors (Lipinski definition) is 1. The quantitative estimate of drug-likeness (QED) is 0.927. The summed E-state index contributed by atoms with van der Waals surface area (Å²) in [5, 5.41) is 9.57. The molecule has 0 aromatic heterocycles. The first-order valence-electron chi connectivity index (χ1n) is 8.71. The highest BCUT2D eigenvalue weighted by Gasteiger charge is 2.57. The van der Waals surface area contributed by atoms with Crippen molar-refractivity contribution in [3.05, 3.63) is 29.8 Å². The van der Waals surface area contributed by atoms with Crippen LogP contribution in [0.25, 0.3) is 0 Å². The summed E-state index contributed by atoms with van der Waals surface area (Å²) in [6, 6.07) is 8.12. The van der Waals surface area contributed by atoms with Gasteiger partial charge in [0.15, 0.2) is 0 Å². The van der Waals surface area contributed by atoms with Crippen molar-refractivity contribution < 1.29 is 14.6 Å². The number of nitrogens with zero attached hydrogens (tertiary/aromatic N) is 1. The Labute approximate surface area is 137 Å². The van der Waals surface area contributed by atoms with Crippen LogP contribution in [0, 0.1) is 17.3 Å². The van der Waals surface area contributed by atoms with Gasteiger partial charge < -0.3 is 14.7 Å². The maximum Gasteiger partial charge on any atom is 0.229 e. The van der Waals surface area contributed by atoms with Crippen LogP contribution in [-0.4, -0.2) is 42.2 Å². The first kappa shape index (κ1) is 15.0. The van der Waals surface area contributed by atoms with E-state index in [-0.39, 0.29) is 17.4 Å². The molecule has 2 aliphatic carbocycles. The molecule has 0 unspecified atom stereocenters. The maximum absolute atomic E-state index is 13.2. The molecule has 2 bridgehead atoms. The van der Waals surface area contributed by atoms with Crippen molar-refractivity contribution in [3.8, 4) is 5.75 Å². The zero-order chi connectivity index (χ0) is 16.0. The third-order valence-corrected chi connectivity index (χ3v) is 6.20. The molecule has 3 aliphatic rings. The Morgan fingerprint density at radius 3 is 2.83 bits per heavy atom. The van der Waals surface area contributed by atoms with Gasteiger partial charge in [0, 0.05) is 13.1 Å². The lowest BCUT2D eigenvalue weighted by Gasteiger charge is -2.45. The highest BCUT2D eigenvalue weighted by molar-refractivity contribution is 5.85. The van der Waals surface area contributed by atoms with Gasteiger partial charge in [0.1, 0.15) is 5.75 Å². The van der Waals surface area contributed by atoms with Crippen LogP contribution in [0.1, 0.15) is 31.2 Å². The first-order valence-corrected chi connectivity index (χ1v) is 8.71. The van der Waals surface area contributed by atoms with Gasteiger partial charge in [-0.15, -0.1) is 0 Å². The summed E-state index contributed by atoms with van der Waals surface area (Å²) in [6.07, 6.45) is 5.15. The molecule has 0 radical (unpaired) electrons. The topological polar surface area (TPSA) is 49.8 Å². The molecule has 2 saturated carbocycles. The van der Waals surface area contributed by atoms with E-state index in [0.29, 0.717) is 24.9 Å². The van der Waals surface area contributed by atoms with Crippen molar-refractivity contribution in [1.82, 2.24) is 4.90 Å². The van der Waals surface area contributed by atoms with E-state index in [2.05, 4.69) is 12.1 Å². The van der Waals surface area contributed by atoms with Crippen LogP contribution in [0.2, 0.25) is 0 Å². The smallest absolute Gasteiger partial charge is 0.229 e. The fourth-order valence-corrected chi connectivity index (χ4v) is 5.08. The molecule has 1 heterocycles. The maximum atomic E-state index is 13.2. The van der Waals surface area contributed by atoms with E-state index >= 15 is 0 Å². The normalized spacial score (nSPS) is 32.9. The first-order chi connectivity index (χ1) is 11.1. The molecule has 1 amide bonds. The van der Waals surface area contributed by atoms with E-state index in [1.54, 1.807) is 7.11 Å². The van der Waals surface area contributed by atoms with E-state index < -0.39 is 0 Å². The molecule has 1 N–H and O–H groups in total. The molecule has 4 heteroatoms. The van der Waals surface area contributed by atoms with Crippen LogP contribution >= 0.6 is 0 Å². The molecule has 23 heavy (non-hydrogen) atoms. The second-order valence-corrected chi connectivity index (χ2v) is 7.63. The number of β-amino-alcohol motifs (C(OH)–C–C–N with tert-alkyl or cyclic N) is 1. The summed E-state index contributed by atoms with van der Waals surface area (Å²) in [7, 11) is 1.68. The number of ether oxygens (including phenoxy) is 1. The van der Waals surface area contributed by atoms with Gasteiger partial charge in [-0.05, 0) is 55.2 Å². The Kier molecular flexibility index (Phi) is 3.60. The number of methoxy groups -OCH3 is 1. The zero-order valence-electron chi connectivity index (χ0n) is 13.7. The van der Waals surface area contributed by atoms with Crippen molar-refractivity contribution in [3.63, 3.8) is 0 Å². The number of hydrogen-bond acceptors (Lipinski definition) is 3. The number of amides is 1. The minimum atomic E-state index is -0.327. The number of aliphatic hydroxyl groups excluding tert-OH is 1. The monoisotopic (exact) mass is 315 g/mol. The predicted octanol–water partition coefficient (Wildman–Crippen LogP) is 2.25. The number of likely N-dealkylation sites (tertiary alicyclic amines) is 1. The van der Waals surface area contributed by atoms with Gasteiger partial charge in [-0.3, -0.25) is 4.79 Å². The molecule has 1 aliphatic heterocycles. The highest BCUT2D eigenvalue weighted by Crippen LogP contribution is 2.58. The van der Waals surface area contributed by atoms with Crippen molar-refractivity contribution in [1.29, 1.82) is 0 Å². The lowest BCUT2D eigenvalue weighted by atomic mass is 9.68. The van der Waals surface area contributed by atoms with Crippen LogP contribution < -0.4 is 4.74 Å². The average Bonchev–Trinajstić information content (AvgIpc) is 3.13. The number of benzene rings is 1. The van der Waals surface area contributed by atoms with E-state index in [1.165, 1.54) is 24.8 Å². The largest absolute Gasteiger partial charge is 0.497 e. The van der Waals surface area contributed by atoms with E-state index in [1.807, 2.05) is 17.0 Å². The number of carbonyl (C=O) groups excluding carboxylic acids is 1. The summed E-state index contributed by atoms with van der Waals surface area (Å²) >= 11 is 0. The van der Waals surface area contributed by atoms with Crippen molar-refractivity contribution in [2.75, 3.05) is 20.2 Å². The highest BCUT2D eigenvalue weighted by atomic mass is 16.5. The van der Waals surface area contributed by atoms with E-state index in [9.17, 15) is 9.90 Å². The van der Waals surface area contributed by atoms with Gasteiger partial charge in [-0.2, -0.15) is 0 Å². The van der Waals surface area contributed by atoms with Crippen molar-refractivity contribution >= 4 is 5.91 Å². The van der Waals surface area contributed by atoms with Gasteiger partial charge in [0.25, 0.3) is 0 Å². The van der Waals surface area contributed by atoms with Crippen LogP contribution in [0.15, 0.2) is 24.3 Å². The second kappa shape index (κ2) is 5.52.